The molecule has 2 rings (SSSR count). The van der Waals surface area contributed by atoms with Gasteiger partial charge < -0.3 is 5.73 Å². The van der Waals surface area contributed by atoms with Crippen molar-refractivity contribution in [2.24, 2.45) is 5.73 Å². The molecule has 0 aliphatic heterocycles. The fraction of sp³-hybridized carbons (Fsp3) is 0.250. The largest absolute Gasteiger partial charge is 0.324 e. The van der Waals surface area contributed by atoms with Gasteiger partial charge in [0.2, 0.25) is 0 Å². The summed E-state index contributed by atoms with van der Waals surface area (Å²) in [6, 6.07) is 14.1. The van der Waals surface area contributed by atoms with E-state index in [0.717, 1.165) is 17.0 Å². The third-order valence-corrected chi connectivity index (χ3v) is 3.72. The van der Waals surface area contributed by atoms with Gasteiger partial charge in [-0.25, -0.2) is 0 Å². The van der Waals surface area contributed by atoms with Crippen molar-refractivity contribution in [1.29, 1.82) is 0 Å². The highest BCUT2D eigenvalue weighted by atomic mass is 35.5. The number of hydrogen-bond donors (Lipinski definition) is 1. The Labute approximate surface area is 114 Å². The first kappa shape index (κ1) is 13.1. The van der Waals surface area contributed by atoms with E-state index in [1.165, 1.54) is 16.7 Å². The quantitative estimate of drug-likeness (QED) is 0.878. The standard InChI is InChI=1S/C16H18ClN/c1-11-6-5-7-12(2)14(11)10-16(18)13-8-3-4-9-15(13)17/h3-9,16H,10,18H2,1-2H3. The predicted molar refractivity (Wildman–Crippen MR) is 78.0 cm³/mol. The molecule has 0 aliphatic rings. The molecular formula is C16H18ClN. The first-order chi connectivity index (χ1) is 8.59. The van der Waals surface area contributed by atoms with E-state index in [4.69, 9.17) is 17.3 Å². The summed E-state index contributed by atoms with van der Waals surface area (Å²) < 4.78 is 0. The fourth-order valence-corrected chi connectivity index (χ4v) is 2.55. The Morgan fingerprint density at radius 3 is 2.22 bits per heavy atom. The first-order valence-electron chi connectivity index (χ1n) is 6.14. The van der Waals surface area contributed by atoms with E-state index in [-0.39, 0.29) is 6.04 Å². The smallest absolute Gasteiger partial charge is 0.0453 e. The van der Waals surface area contributed by atoms with E-state index in [1.807, 2.05) is 24.3 Å². The van der Waals surface area contributed by atoms with Crippen LogP contribution in [-0.2, 0) is 6.42 Å². The van der Waals surface area contributed by atoms with E-state index < -0.39 is 0 Å². The lowest BCUT2D eigenvalue weighted by Gasteiger charge is -2.17. The molecule has 0 aromatic heterocycles. The third-order valence-electron chi connectivity index (χ3n) is 3.37. The summed E-state index contributed by atoms with van der Waals surface area (Å²) in [6.45, 7) is 4.25. The Morgan fingerprint density at radius 2 is 1.61 bits per heavy atom. The number of aryl methyl sites for hydroxylation is 2. The van der Waals surface area contributed by atoms with Gasteiger partial charge >= 0.3 is 0 Å². The zero-order chi connectivity index (χ0) is 13.1. The molecular weight excluding hydrogens is 242 g/mol. The van der Waals surface area contributed by atoms with Crippen molar-refractivity contribution >= 4 is 11.6 Å². The Kier molecular flexibility index (Phi) is 4.05. The summed E-state index contributed by atoms with van der Waals surface area (Å²) >= 11 is 6.18. The molecule has 94 valence electrons. The van der Waals surface area contributed by atoms with Crippen LogP contribution in [0.15, 0.2) is 42.5 Å². The van der Waals surface area contributed by atoms with Gasteiger partial charge in [-0.1, -0.05) is 48.0 Å². The predicted octanol–water partition coefficient (Wildman–Crippen LogP) is 4.20. The van der Waals surface area contributed by atoms with E-state index >= 15 is 0 Å². The van der Waals surface area contributed by atoms with Crippen LogP contribution in [0.25, 0.3) is 0 Å². The van der Waals surface area contributed by atoms with Crippen LogP contribution >= 0.6 is 11.6 Å². The Bertz CT molecular complexity index is 528. The highest BCUT2D eigenvalue weighted by molar-refractivity contribution is 6.31. The zero-order valence-electron chi connectivity index (χ0n) is 10.8. The van der Waals surface area contributed by atoms with Crippen molar-refractivity contribution in [3.63, 3.8) is 0 Å². The molecule has 0 fully saturated rings. The molecule has 2 N–H and O–H groups in total. The molecule has 0 saturated heterocycles. The maximum atomic E-state index is 6.28. The maximum absolute atomic E-state index is 6.28. The lowest BCUT2D eigenvalue weighted by atomic mass is 9.93. The minimum absolute atomic E-state index is 0.0569. The number of rotatable bonds is 3. The zero-order valence-corrected chi connectivity index (χ0v) is 11.5. The van der Waals surface area contributed by atoms with Gasteiger partial charge in [-0.15, -0.1) is 0 Å². The topological polar surface area (TPSA) is 26.0 Å². The van der Waals surface area contributed by atoms with Crippen LogP contribution in [0.5, 0.6) is 0 Å². The Balaban J connectivity index is 2.27. The van der Waals surface area contributed by atoms with E-state index in [1.54, 1.807) is 0 Å². The van der Waals surface area contributed by atoms with Gasteiger partial charge in [0.25, 0.3) is 0 Å². The second-order valence-corrected chi connectivity index (χ2v) is 5.11. The van der Waals surface area contributed by atoms with Gasteiger partial charge in [0.05, 0.1) is 0 Å². The molecule has 18 heavy (non-hydrogen) atoms. The maximum Gasteiger partial charge on any atom is 0.0453 e. The summed E-state index contributed by atoms with van der Waals surface area (Å²) in [6.07, 6.45) is 0.822. The Morgan fingerprint density at radius 1 is 1.00 bits per heavy atom. The summed E-state index contributed by atoms with van der Waals surface area (Å²) in [7, 11) is 0. The molecule has 2 aromatic carbocycles. The average molecular weight is 260 g/mol. The number of benzene rings is 2. The average Bonchev–Trinajstić information content (AvgIpc) is 2.34. The minimum atomic E-state index is -0.0569. The second kappa shape index (κ2) is 5.55. The van der Waals surface area contributed by atoms with Crippen molar-refractivity contribution in [1.82, 2.24) is 0 Å². The summed E-state index contributed by atoms with van der Waals surface area (Å²) in [5.74, 6) is 0. The number of nitrogens with two attached hydrogens (primary N) is 1. The molecule has 0 heterocycles. The molecule has 0 aliphatic carbocycles. The van der Waals surface area contributed by atoms with Gasteiger partial charge in [-0.05, 0) is 48.6 Å². The summed E-state index contributed by atoms with van der Waals surface area (Å²) in [5.41, 5.74) is 11.2. The van der Waals surface area contributed by atoms with Crippen LogP contribution in [0.3, 0.4) is 0 Å². The molecule has 1 nitrogen and oxygen atoms in total. The number of halogens is 1. The highest BCUT2D eigenvalue weighted by Gasteiger charge is 2.12. The third kappa shape index (κ3) is 2.74. The SMILES string of the molecule is Cc1cccc(C)c1CC(N)c1ccccc1Cl. The molecule has 0 bridgehead atoms. The summed E-state index contributed by atoms with van der Waals surface area (Å²) in [4.78, 5) is 0. The lowest BCUT2D eigenvalue weighted by Crippen LogP contribution is -2.15. The first-order valence-corrected chi connectivity index (χ1v) is 6.52. The van der Waals surface area contributed by atoms with Gasteiger partial charge in [-0.2, -0.15) is 0 Å². The van der Waals surface area contributed by atoms with E-state index in [9.17, 15) is 0 Å². The van der Waals surface area contributed by atoms with Crippen molar-refractivity contribution in [3.05, 3.63) is 69.7 Å². The van der Waals surface area contributed by atoms with Crippen molar-refractivity contribution in [3.8, 4) is 0 Å². The molecule has 0 spiro atoms. The van der Waals surface area contributed by atoms with Crippen molar-refractivity contribution in [2.75, 3.05) is 0 Å². The normalized spacial score (nSPS) is 12.4. The molecule has 0 amide bonds. The van der Waals surface area contributed by atoms with Crippen LogP contribution in [-0.4, -0.2) is 0 Å². The van der Waals surface area contributed by atoms with E-state index in [2.05, 4.69) is 32.0 Å². The second-order valence-electron chi connectivity index (χ2n) is 4.70. The molecule has 0 radical (unpaired) electrons. The van der Waals surface area contributed by atoms with Gasteiger partial charge in [0.15, 0.2) is 0 Å². The van der Waals surface area contributed by atoms with E-state index in [0.29, 0.717) is 0 Å². The van der Waals surface area contributed by atoms with Crippen LogP contribution in [0.2, 0.25) is 5.02 Å². The van der Waals surface area contributed by atoms with Gasteiger partial charge in [-0.3, -0.25) is 0 Å². The van der Waals surface area contributed by atoms with Crippen LogP contribution in [0, 0.1) is 13.8 Å². The molecule has 2 heteroatoms. The van der Waals surface area contributed by atoms with Crippen molar-refractivity contribution < 1.29 is 0 Å². The van der Waals surface area contributed by atoms with Gasteiger partial charge in [0.1, 0.15) is 0 Å². The molecule has 2 aromatic rings. The van der Waals surface area contributed by atoms with Crippen LogP contribution in [0.4, 0.5) is 0 Å². The highest BCUT2D eigenvalue weighted by Crippen LogP contribution is 2.26. The van der Waals surface area contributed by atoms with Crippen LogP contribution < -0.4 is 5.73 Å². The molecule has 1 unspecified atom stereocenters. The van der Waals surface area contributed by atoms with Crippen molar-refractivity contribution in [2.45, 2.75) is 26.3 Å². The molecule has 1 atom stereocenters. The molecule has 0 saturated carbocycles. The van der Waals surface area contributed by atoms with Gasteiger partial charge in [0, 0.05) is 11.1 Å². The Hall–Kier alpha value is -1.31. The monoisotopic (exact) mass is 259 g/mol. The van der Waals surface area contributed by atoms with Crippen LogP contribution in [0.1, 0.15) is 28.3 Å². The fourth-order valence-electron chi connectivity index (χ4n) is 2.28. The number of hydrogen-bond acceptors (Lipinski definition) is 1. The minimum Gasteiger partial charge on any atom is -0.324 e. The summed E-state index contributed by atoms with van der Waals surface area (Å²) in [5, 5.41) is 0.747. The lowest BCUT2D eigenvalue weighted by molar-refractivity contribution is 0.716.